The van der Waals surface area contributed by atoms with Gasteiger partial charge in [0, 0.05) is 6.42 Å². The Hall–Kier alpha value is -2.17. The van der Waals surface area contributed by atoms with Gasteiger partial charge in [-0.1, -0.05) is 17.7 Å². The summed E-state index contributed by atoms with van der Waals surface area (Å²) in [6, 6.07) is 5.49. The number of rotatable bonds is 7. The molecule has 2 rings (SSSR count). The number of carbonyl (C=O) groups is 2. The molecule has 1 fully saturated rings. The van der Waals surface area contributed by atoms with Gasteiger partial charge in [0.25, 0.3) is 10.1 Å². The summed E-state index contributed by atoms with van der Waals surface area (Å²) in [4.78, 5) is 25.8. The number of carbonyl (C=O) groups excluding carboxylic acids is 2. The van der Waals surface area contributed by atoms with Gasteiger partial charge in [-0.05, 0) is 39.8 Å². The van der Waals surface area contributed by atoms with Crippen LogP contribution in [0.3, 0.4) is 0 Å². The number of likely N-dealkylation sites (tertiary alicyclic amines) is 1. The van der Waals surface area contributed by atoms with Crippen LogP contribution in [-0.2, 0) is 33.3 Å². The molecule has 9 nitrogen and oxygen atoms in total. The second-order valence-corrected chi connectivity index (χ2v) is 9.60. The first-order chi connectivity index (χ1) is 13.9. The minimum absolute atomic E-state index is 0.0220. The Morgan fingerprint density at radius 2 is 1.77 bits per heavy atom. The molecule has 10 heteroatoms. The summed E-state index contributed by atoms with van der Waals surface area (Å²) in [6.45, 7) is 6.96. The van der Waals surface area contributed by atoms with Gasteiger partial charge in [0.2, 0.25) is 0 Å². The second kappa shape index (κ2) is 9.76. The van der Waals surface area contributed by atoms with Crippen LogP contribution in [0.5, 0.6) is 0 Å². The molecule has 1 aromatic rings. The molecule has 1 saturated heterocycles. The SMILES string of the molecule is COC(=O)[C@@H]1C[C@H](OCCOS(=O)(=O)c2ccc(C)cc2)CN1C(=O)OC(C)(C)C. The Kier molecular flexibility index (Phi) is 7.84. The first-order valence-corrected chi connectivity index (χ1v) is 11.0. The van der Waals surface area contributed by atoms with Gasteiger partial charge in [-0.25, -0.2) is 9.59 Å². The van der Waals surface area contributed by atoms with Crippen molar-refractivity contribution in [1.82, 2.24) is 4.90 Å². The van der Waals surface area contributed by atoms with E-state index in [2.05, 4.69) is 0 Å². The second-order valence-electron chi connectivity index (χ2n) is 7.99. The average molecular weight is 444 g/mol. The van der Waals surface area contributed by atoms with Crippen molar-refractivity contribution in [1.29, 1.82) is 0 Å². The molecule has 1 amide bonds. The average Bonchev–Trinajstić information content (AvgIpc) is 3.08. The lowest BCUT2D eigenvalue weighted by Gasteiger charge is -2.27. The summed E-state index contributed by atoms with van der Waals surface area (Å²) in [6.07, 6.45) is -0.897. The molecule has 168 valence electrons. The van der Waals surface area contributed by atoms with Crippen molar-refractivity contribution in [3.8, 4) is 0 Å². The summed E-state index contributed by atoms with van der Waals surface area (Å²) < 4.78 is 45.1. The summed E-state index contributed by atoms with van der Waals surface area (Å²) in [5.74, 6) is -0.565. The van der Waals surface area contributed by atoms with Crippen LogP contribution in [0.4, 0.5) is 4.79 Å². The molecule has 0 aliphatic carbocycles. The summed E-state index contributed by atoms with van der Waals surface area (Å²) >= 11 is 0. The molecular formula is C20H29NO8S. The lowest BCUT2D eigenvalue weighted by molar-refractivity contribution is -0.145. The van der Waals surface area contributed by atoms with Gasteiger partial charge in [-0.15, -0.1) is 0 Å². The predicted molar refractivity (Wildman–Crippen MR) is 107 cm³/mol. The van der Waals surface area contributed by atoms with E-state index in [1.165, 1.54) is 24.1 Å². The van der Waals surface area contributed by atoms with Gasteiger partial charge >= 0.3 is 12.1 Å². The van der Waals surface area contributed by atoms with E-state index in [1.54, 1.807) is 32.9 Å². The third-order valence-electron chi connectivity index (χ3n) is 4.35. The molecule has 0 radical (unpaired) electrons. The zero-order valence-corrected chi connectivity index (χ0v) is 18.7. The normalized spacial score (nSPS) is 19.6. The van der Waals surface area contributed by atoms with Crippen molar-refractivity contribution in [2.45, 2.75) is 56.8 Å². The van der Waals surface area contributed by atoms with E-state index in [4.69, 9.17) is 18.4 Å². The fraction of sp³-hybridized carbons (Fsp3) is 0.600. The van der Waals surface area contributed by atoms with Gasteiger partial charge in [-0.2, -0.15) is 8.42 Å². The number of nitrogens with zero attached hydrogens (tertiary/aromatic N) is 1. The summed E-state index contributed by atoms with van der Waals surface area (Å²) in [7, 11) is -2.64. The fourth-order valence-corrected chi connectivity index (χ4v) is 3.82. The Morgan fingerprint density at radius 3 is 2.33 bits per heavy atom. The van der Waals surface area contributed by atoms with Crippen molar-refractivity contribution in [3.63, 3.8) is 0 Å². The van der Waals surface area contributed by atoms with Crippen LogP contribution in [-0.4, -0.2) is 70.0 Å². The van der Waals surface area contributed by atoms with Crippen LogP contribution in [0, 0.1) is 6.92 Å². The molecule has 0 spiro atoms. The number of aryl methyl sites for hydroxylation is 1. The molecule has 2 atom stereocenters. The maximum Gasteiger partial charge on any atom is 0.411 e. The number of esters is 1. The van der Waals surface area contributed by atoms with Gasteiger partial charge in [-0.3, -0.25) is 9.08 Å². The highest BCUT2D eigenvalue weighted by atomic mass is 32.2. The van der Waals surface area contributed by atoms with Crippen molar-refractivity contribution in [2.75, 3.05) is 26.9 Å². The van der Waals surface area contributed by atoms with E-state index >= 15 is 0 Å². The predicted octanol–water partition coefficient (Wildman–Crippen LogP) is 2.27. The molecule has 30 heavy (non-hydrogen) atoms. The lowest BCUT2D eigenvalue weighted by Crippen LogP contribution is -2.44. The van der Waals surface area contributed by atoms with E-state index in [9.17, 15) is 18.0 Å². The molecule has 1 aliphatic rings. The minimum Gasteiger partial charge on any atom is -0.467 e. The molecule has 0 unspecified atom stereocenters. The van der Waals surface area contributed by atoms with E-state index in [1.807, 2.05) is 6.92 Å². The molecule has 1 aliphatic heterocycles. The van der Waals surface area contributed by atoms with Crippen LogP contribution in [0.2, 0.25) is 0 Å². The van der Waals surface area contributed by atoms with E-state index in [0.29, 0.717) is 0 Å². The third kappa shape index (κ3) is 6.68. The summed E-state index contributed by atoms with van der Waals surface area (Å²) in [5, 5.41) is 0. The number of benzene rings is 1. The third-order valence-corrected chi connectivity index (χ3v) is 5.68. The first-order valence-electron chi connectivity index (χ1n) is 9.58. The number of methoxy groups -OCH3 is 1. The van der Waals surface area contributed by atoms with Crippen molar-refractivity contribution in [3.05, 3.63) is 29.8 Å². The Labute approximate surface area is 177 Å². The maximum atomic E-state index is 12.4. The monoisotopic (exact) mass is 443 g/mol. The van der Waals surface area contributed by atoms with E-state index in [-0.39, 0.29) is 31.1 Å². The molecule has 0 aromatic heterocycles. The molecule has 0 bridgehead atoms. The van der Waals surface area contributed by atoms with Crippen molar-refractivity contribution >= 4 is 22.2 Å². The molecule has 0 saturated carbocycles. The number of ether oxygens (including phenoxy) is 3. The number of hydrogen-bond acceptors (Lipinski definition) is 8. The van der Waals surface area contributed by atoms with Crippen LogP contribution in [0.15, 0.2) is 29.2 Å². The Balaban J connectivity index is 1.90. The van der Waals surface area contributed by atoms with Gasteiger partial charge < -0.3 is 14.2 Å². The fourth-order valence-electron chi connectivity index (χ4n) is 2.93. The summed E-state index contributed by atoms with van der Waals surface area (Å²) in [5.41, 5.74) is 0.225. The van der Waals surface area contributed by atoms with Crippen LogP contribution in [0.25, 0.3) is 0 Å². The molecular weight excluding hydrogens is 414 g/mol. The first kappa shape index (κ1) is 24.1. The Morgan fingerprint density at radius 1 is 1.13 bits per heavy atom. The van der Waals surface area contributed by atoms with Crippen LogP contribution in [0.1, 0.15) is 32.8 Å². The van der Waals surface area contributed by atoms with Crippen molar-refractivity contribution < 1.29 is 36.4 Å². The van der Waals surface area contributed by atoms with Gasteiger partial charge in [0.05, 0.1) is 37.9 Å². The quantitative estimate of drug-likeness (QED) is 0.359. The smallest absolute Gasteiger partial charge is 0.411 e. The topological polar surface area (TPSA) is 108 Å². The van der Waals surface area contributed by atoms with Gasteiger partial charge in [0.1, 0.15) is 11.6 Å². The van der Waals surface area contributed by atoms with E-state index in [0.717, 1.165) is 5.56 Å². The largest absolute Gasteiger partial charge is 0.467 e. The van der Waals surface area contributed by atoms with E-state index < -0.39 is 39.9 Å². The zero-order valence-electron chi connectivity index (χ0n) is 17.9. The van der Waals surface area contributed by atoms with Crippen LogP contribution >= 0.6 is 0 Å². The van der Waals surface area contributed by atoms with Crippen LogP contribution < -0.4 is 0 Å². The molecule has 0 N–H and O–H groups in total. The number of amides is 1. The highest BCUT2D eigenvalue weighted by Crippen LogP contribution is 2.24. The number of hydrogen-bond donors (Lipinski definition) is 0. The minimum atomic E-state index is -3.88. The molecule has 1 aromatic carbocycles. The standard InChI is InChI=1S/C20H29NO8S/c1-14-6-8-16(9-7-14)30(24,25)28-11-10-27-15-12-17(18(22)26-5)21(13-15)19(23)29-20(2,3)4/h6-9,15,17H,10-13H2,1-5H3/t15-,17-/m0/s1. The van der Waals surface area contributed by atoms with Crippen molar-refractivity contribution in [2.24, 2.45) is 0 Å². The van der Waals surface area contributed by atoms with Gasteiger partial charge in [0.15, 0.2) is 0 Å². The highest BCUT2D eigenvalue weighted by Gasteiger charge is 2.42. The maximum absolute atomic E-state index is 12.4. The highest BCUT2D eigenvalue weighted by molar-refractivity contribution is 7.86. The Bertz CT molecular complexity index is 845. The molecule has 1 heterocycles. The zero-order chi connectivity index (χ0) is 22.5. The lowest BCUT2D eigenvalue weighted by atomic mass is 10.2.